The van der Waals surface area contributed by atoms with Crippen molar-refractivity contribution in [2.45, 2.75) is 6.04 Å². The van der Waals surface area contributed by atoms with Gasteiger partial charge in [0.1, 0.15) is 18.3 Å². The van der Waals surface area contributed by atoms with Gasteiger partial charge in [0.15, 0.2) is 0 Å². The number of ether oxygens (including phenoxy) is 1. The van der Waals surface area contributed by atoms with Crippen LogP contribution in [0.4, 0.5) is 0 Å². The van der Waals surface area contributed by atoms with E-state index >= 15 is 0 Å². The van der Waals surface area contributed by atoms with Crippen molar-refractivity contribution < 1.29 is 14.4 Å². The molecule has 1 amide bonds. The highest BCUT2D eigenvalue weighted by Gasteiger charge is 2.16. The molecule has 0 radical (unpaired) electrons. The SMILES string of the molecule is COc1ccccc1/C=C/C(=O)N[C@H](C[NH+](C)C)c1ccccc1. The van der Waals surface area contributed by atoms with Gasteiger partial charge in [-0.1, -0.05) is 48.5 Å². The van der Waals surface area contributed by atoms with Gasteiger partial charge in [0.25, 0.3) is 0 Å². The Balaban J connectivity index is 2.09. The van der Waals surface area contributed by atoms with Gasteiger partial charge >= 0.3 is 0 Å². The molecular weight excluding hydrogens is 300 g/mol. The van der Waals surface area contributed by atoms with Crippen LogP contribution < -0.4 is 15.0 Å². The van der Waals surface area contributed by atoms with Crippen LogP contribution in [0, 0.1) is 0 Å². The topological polar surface area (TPSA) is 42.8 Å². The zero-order valence-electron chi connectivity index (χ0n) is 14.5. The minimum Gasteiger partial charge on any atom is -0.496 e. The van der Waals surface area contributed by atoms with E-state index in [4.69, 9.17) is 4.74 Å². The van der Waals surface area contributed by atoms with Crippen LogP contribution in [0.15, 0.2) is 60.7 Å². The average Bonchev–Trinajstić information content (AvgIpc) is 2.60. The fraction of sp³-hybridized carbons (Fsp3) is 0.250. The molecule has 2 aromatic carbocycles. The molecule has 4 nitrogen and oxygen atoms in total. The van der Waals surface area contributed by atoms with Gasteiger partial charge in [-0.2, -0.15) is 0 Å². The smallest absolute Gasteiger partial charge is 0.244 e. The first-order chi connectivity index (χ1) is 11.6. The third-order valence-electron chi connectivity index (χ3n) is 3.68. The maximum absolute atomic E-state index is 12.3. The van der Waals surface area contributed by atoms with Crippen LogP contribution in [-0.4, -0.2) is 33.7 Å². The molecule has 2 N–H and O–H groups in total. The van der Waals surface area contributed by atoms with Crippen LogP contribution >= 0.6 is 0 Å². The van der Waals surface area contributed by atoms with Gasteiger partial charge in [-0.25, -0.2) is 0 Å². The third kappa shape index (κ3) is 5.25. The summed E-state index contributed by atoms with van der Waals surface area (Å²) in [5.74, 6) is 0.634. The number of carbonyl (C=O) groups excluding carboxylic acids is 1. The third-order valence-corrected chi connectivity index (χ3v) is 3.68. The van der Waals surface area contributed by atoms with E-state index in [1.165, 1.54) is 4.90 Å². The van der Waals surface area contributed by atoms with Crippen molar-refractivity contribution in [3.8, 4) is 5.75 Å². The van der Waals surface area contributed by atoms with Gasteiger partial charge in [-0.15, -0.1) is 0 Å². The first-order valence-corrected chi connectivity index (χ1v) is 8.05. The van der Waals surface area contributed by atoms with Gasteiger partial charge in [-0.3, -0.25) is 4.79 Å². The molecule has 2 rings (SSSR count). The summed E-state index contributed by atoms with van der Waals surface area (Å²) in [6.07, 6.45) is 3.33. The normalized spacial score (nSPS) is 12.3. The van der Waals surface area contributed by atoms with Crippen molar-refractivity contribution in [1.29, 1.82) is 0 Å². The Morgan fingerprint density at radius 2 is 1.79 bits per heavy atom. The number of carbonyl (C=O) groups is 1. The molecule has 0 aliphatic carbocycles. The summed E-state index contributed by atoms with van der Waals surface area (Å²) in [5.41, 5.74) is 1.99. The van der Waals surface area contributed by atoms with Crippen LogP contribution in [0.1, 0.15) is 17.2 Å². The molecule has 4 heteroatoms. The van der Waals surface area contributed by atoms with Gasteiger partial charge in [-0.05, 0) is 17.7 Å². The Hall–Kier alpha value is -2.59. The molecule has 0 fully saturated rings. The Kier molecular flexibility index (Phi) is 6.58. The molecule has 24 heavy (non-hydrogen) atoms. The maximum Gasteiger partial charge on any atom is 0.244 e. The number of rotatable bonds is 7. The molecule has 0 spiro atoms. The summed E-state index contributed by atoms with van der Waals surface area (Å²) in [6.45, 7) is 0.818. The number of para-hydroxylation sites is 1. The molecule has 2 aromatic rings. The fourth-order valence-corrected chi connectivity index (χ4v) is 2.54. The van der Waals surface area contributed by atoms with Gasteiger partial charge in [0.05, 0.1) is 21.2 Å². The van der Waals surface area contributed by atoms with Crippen molar-refractivity contribution in [2.75, 3.05) is 27.7 Å². The lowest BCUT2D eigenvalue weighted by Crippen LogP contribution is -3.06. The minimum atomic E-state index is -0.115. The number of nitrogens with one attached hydrogen (secondary N) is 2. The molecule has 0 heterocycles. The Morgan fingerprint density at radius 3 is 2.46 bits per heavy atom. The Bertz CT molecular complexity index is 681. The van der Waals surface area contributed by atoms with Crippen molar-refractivity contribution in [1.82, 2.24) is 5.32 Å². The number of likely N-dealkylation sites (N-methyl/N-ethyl adjacent to an activating group) is 1. The van der Waals surface area contributed by atoms with E-state index in [0.29, 0.717) is 0 Å². The standard InChI is InChI=1S/C20H24N2O2/c1-22(2)15-18(16-9-5-4-6-10-16)21-20(23)14-13-17-11-7-8-12-19(17)24-3/h4-14,18H,15H2,1-3H3,(H,21,23)/p+1/b14-13+/t18-/m1/s1. The molecule has 0 saturated carbocycles. The second kappa shape index (κ2) is 8.89. The highest BCUT2D eigenvalue weighted by molar-refractivity contribution is 5.92. The van der Waals surface area contributed by atoms with E-state index in [-0.39, 0.29) is 11.9 Å². The number of hydrogen-bond donors (Lipinski definition) is 2. The lowest BCUT2D eigenvalue weighted by Gasteiger charge is -2.20. The van der Waals surface area contributed by atoms with Crippen molar-refractivity contribution in [3.63, 3.8) is 0 Å². The van der Waals surface area contributed by atoms with Crippen molar-refractivity contribution >= 4 is 12.0 Å². The van der Waals surface area contributed by atoms with Crippen LogP contribution in [0.2, 0.25) is 0 Å². The number of amides is 1. The molecule has 0 saturated heterocycles. The summed E-state index contributed by atoms with van der Waals surface area (Å²) in [7, 11) is 5.78. The quantitative estimate of drug-likeness (QED) is 0.761. The van der Waals surface area contributed by atoms with Gasteiger partial charge in [0.2, 0.25) is 5.91 Å². The van der Waals surface area contributed by atoms with Crippen LogP contribution in [0.5, 0.6) is 5.75 Å². The first kappa shape index (κ1) is 17.8. The van der Waals surface area contributed by atoms with Crippen LogP contribution in [0.25, 0.3) is 6.08 Å². The lowest BCUT2D eigenvalue weighted by atomic mass is 10.1. The van der Waals surface area contributed by atoms with E-state index in [1.807, 2.05) is 54.6 Å². The summed E-state index contributed by atoms with van der Waals surface area (Å²) < 4.78 is 5.29. The molecular formula is C20H25N2O2+. The summed E-state index contributed by atoms with van der Waals surface area (Å²) in [4.78, 5) is 13.6. The van der Waals surface area contributed by atoms with E-state index in [0.717, 1.165) is 23.4 Å². The van der Waals surface area contributed by atoms with Gasteiger partial charge < -0.3 is 15.0 Å². The monoisotopic (exact) mass is 325 g/mol. The minimum absolute atomic E-state index is 0.0222. The molecule has 0 unspecified atom stereocenters. The summed E-state index contributed by atoms with van der Waals surface area (Å²) >= 11 is 0. The Labute approximate surface area is 143 Å². The number of methoxy groups -OCH3 is 1. The number of quaternary nitrogens is 1. The number of hydrogen-bond acceptors (Lipinski definition) is 2. The largest absolute Gasteiger partial charge is 0.496 e. The molecule has 0 aliphatic rings. The van der Waals surface area contributed by atoms with E-state index < -0.39 is 0 Å². The number of benzene rings is 2. The van der Waals surface area contributed by atoms with Crippen molar-refractivity contribution in [3.05, 3.63) is 71.8 Å². The van der Waals surface area contributed by atoms with E-state index in [9.17, 15) is 4.79 Å². The summed E-state index contributed by atoms with van der Waals surface area (Å²) in [5, 5.41) is 3.08. The van der Waals surface area contributed by atoms with Crippen LogP contribution in [-0.2, 0) is 4.79 Å². The second-order valence-electron chi connectivity index (χ2n) is 5.96. The molecule has 0 aliphatic heterocycles. The second-order valence-corrected chi connectivity index (χ2v) is 5.96. The highest BCUT2D eigenvalue weighted by atomic mass is 16.5. The highest BCUT2D eigenvalue weighted by Crippen LogP contribution is 2.18. The average molecular weight is 325 g/mol. The van der Waals surface area contributed by atoms with Gasteiger partial charge in [0, 0.05) is 11.6 Å². The van der Waals surface area contributed by atoms with E-state index in [2.05, 4.69) is 19.4 Å². The maximum atomic E-state index is 12.3. The van der Waals surface area contributed by atoms with Crippen LogP contribution in [0.3, 0.4) is 0 Å². The predicted octanol–water partition coefficient (Wildman–Crippen LogP) is 1.71. The summed E-state index contributed by atoms with van der Waals surface area (Å²) in [6, 6.07) is 17.6. The first-order valence-electron chi connectivity index (χ1n) is 8.05. The predicted molar refractivity (Wildman–Crippen MR) is 97.0 cm³/mol. The molecule has 126 valence electrons. The lowest BCUT2D eigenvalue weighted by molar-refractivity contribution is -0.860. The Morgan fingerprint density at radius 1 is 1.12 bits per heavy atom. The zero-order chi connectivity index (χ0) is 17.4. The molecule has 1 atom stereocenters. The fourth-order valence-electron chi connectivity index (χ4n) is 2.54. The molecule has 0 aromatic heterocycles. The van der Waals surface area contributed by atoms with E-state index in [1.54, 1.807) is 19.3 Å². The van der Waals surface area contributed by atoms with Crippen molar-refractivity contribution in [2.24, 2.45) is 0 Å². The molecule has 0 bridgehead atoms. The zero-order valence-corrected chi connectivity index (χ0v) is 14.5.